The van der Waals surface area contributed by atoms with Gasteiger partial charge in [0.15, 0.2) is 5.75 Å². The number of nitrogens with zero attached hydrogens (tertiary/aromatic N) is 1. The number of hydrogen-bond acceptors (Lipinski definition) is 4. The number of carboxylic acid groups (broad SMARTS) is 1. The Balaban J connectivity index is 2.22. The van der Waals surface area contributed by atoms with E-state index >= 15 is 0 Å². The Morgan fingerprint density at radius 1 is 1.29 bits per heavy atom. The van der Waals surface area contributed by atoms with Crippen molar-refractivity contribution in [1.82, 2.24) is 0 Å². The number of carbonyl (C=O) groups is 1. The molecular formula is C14H10FNO5. The predicted molar refractivity (Wildman–Crippen MR) is 70.8 cm³/mol. The Kier molecular flexibility index (Phi) is 4.13. The lowest BCUT2D eigenvalue weighted by Crippen LogP contribution is -2.04. The molecule has 0 saturated carbocycles. The molecule has 0 spiro atoms. The Morgan fingerprint density at radius 3 is 2.67 bits per heavy atom. The van der Waals surface area contributed by atoms with Crippen molar-refractivity contribution in [2.75, 3.05) is 0 Å². The van der Waals surface area contributed by atoms with Crippen LogP contribution >= 0.6 is 0 Å². The van der Waals surface area contributed by atoms with E-state index in [0.717, 1.165) is 18.2 Å². The molecular weight excluding hydrogens is 281 g/mol. The van der Waals surface area contributed by atoms with Crippen LogP contribution in [0.4, 0.5) is 10.1 Å². The first-order valence-corrected chi connectivity index (χ1v) is 5.87. The molecule has 0 aliphatic rings. The first-order valence-electron chi connectivity index (χ1n) is 5.87. The van der Waals surface area contributed by atoms with Crippen molar-refractivity contribution < 1.29 is 24.0 Å². The lowest BCUT2D eigenvalue weighted by atomic mass is 10.1. The van der Waals surface area contributed by atoms with Crippen LogP contribution in [0.3, 0.4) is 0 Å². The molecule has 2 aromatic rings. The number of aromatic carboxylic acids is 1. The maximum absolute atomic E-state index is 13.6. The maximum Gasteiger partial charge on any atom is 0.335 e. The number of nitro groups is 1. The normalized spacial score (nSPS) is 10.1. The molecule has 6 nitrogen and oxygen atoms in total. The molecule has 0 aliphatic carbocycles. The van der Waals surface area contributed by atoms with Crippen LogP contribution in [-0.4, -0.2) is 16.0 Å². The standard InChI is InChI=1S/C14H10FNO5/c15-11-6-5-9(14(17)18)7-10(11)8-21-13-4-2-1-3-12(13)16(19)20/h1-7H,8H2,(H,17,18). The van der Waals surface area contributed by atoms with Gasteiger partial charge in [0.25, 0.3) is 0 Å². The minimum Gasteiger partial charge on any atom is -0.482 e. The number of carboxylic acids is 1. The van der Waals surface area contributed by atoms with E-state index in [1.54, 1.807) is 6.07 Å². The highest BCUT2D eigenvalue weighted by molar-refractivity contribution is 5.87. The summed E-state index contributed by atoms with van der Waals surface area (Å²) >= 11 is 0. The van der Waals surface area contributed by atoms with Gasteiger partial charge in [-0.25, -0.2) is 9.18 Å². The van der Waals surface area contributed by atoms with Gasteiger partial charge in [-0.2, -0.15) is 0 Å². The predicted octanol–water partition coefficient (Wildman–Crippen LogP) is 3.01. The van der Waals surface area contributed by atoms with E-state index in [1.807, 2.05) is 0 Å². The van der Waals surface area contributed by atoms with Crippen molar-refractivity contribution in [2.24, 2.45) is 0 Å². The van der Waals surface area contributed by atoms with Gasteiger partial charge in [-0.3, -0.25) is 10.1 Å². The molecule has 7 heteroatoms. The van der Waals surface area contributed by atoms with Crippen molar-refractivity contribution in [3.05, 3.63) is 69.5 Å². The van der Waals surface area contributed by atoms with Crippen LogP contribution in [0.1, 0.15) is 15.9 Å². The summed E-state index contributed by atoms with van der Waals surface area (Å²) in [7, 11) is 0. The highest BCUT2D eigenvalue weighted by Gasteiger charge is 2.15. The van der Waals surface area contributed by atoms with Crippen LogP contribution in [-0.2, 0) is 6.61 Å². The SMILES string of the molecule is O=C(O)c1ccc(F)c(COc2ccccc2[N+](=O)[O-])c1. The fraction of sp³-hybridized carbons (Fsp3) is 0.0714. The Hall–Kier alpha value is -2.96. The summed E-state index contributed by atoms with van der Waals surface area (Å²) < 4.78 is 18.8. The smallest absolute Gasteiger partial charge is 0.335 e. The van der Waals surface area contributed by atoms with Crippen LogP contribution in [0.25, 0.3) is 0 Å². The van der Waals surface area contributed by atoms with Crippen molar-refractivity contribution in [3.8, 4) is 5.75 Å². The number of ether oxygens (including phenoxy) is 1. The van der Waals surface area contributed by atoms with Crippen molar-refractivity contribution in [1.29, 1.82) is 0 Å². The molecule has 0 saturated heterocycles. The molecule has 0 aromatic heterocycles. The van der Waals surface area contributed by atoms with E-state index in [9.17, 15) is 19.3 Å². The zero-order valence-electron chi connectivity index (χ0n) is 10.7. The van der Waals surface area contributed by atoms with E-state index < -0.39 is 16.7 Å². The van der Waals surface area contributed by atoms with Crippen LogP contribution < -0.4 is 4.74 Å². The molecule has 0 fully saturated rings. The molecule has 1 N–H and O–H groups in total. The largest absolute Gasteiger partial charge is 0.482 e. The second kappa shape index (κ2) is 6.00. The summed E-state index contributed by atoms with van der Waals surface area (Å²) in [5.41, 5.74) is -0.321. The lowest BCUT2D eigenvalue weighted by molar-refractivity contribution is -0.385. The molecule has 0 bridgehead atoms. The number of nitro benzene ring substituents is 1. The molecule has 0 aliphatic heterocycles. The summed E-state index contributed by atoms with van der Waals surface area (Å²) in [5, 5.41) is 19.7. The van der Waals surface area contributed by atoms with Crippen molar-refractivity contribution in [2.45, 2.75) is 6.61 Å². The monoisotopic (exact) mass is 291 g/mol. The van der Waals surface area contributed by atoms with E-state index in [0.29, 0.717) is 0 Å². The van der Waals surface area contributed by atoms with Crippen LogP contribution in [0.15, 0.2) is 42.5 Å². The van der Waals surface area contributed by atoms with Gasteiger partial charge in [0.2, 0.25) is 0 Å². The number of halogens is 1. The fourth-order valence-electron chi connectivity index (χ4n) is 1.70. The molecule has 0 amide bonds. The summed E-state index contributed by atoms with van der Waals surface area (Å²) in [6.07, 6.45) is 0. The van der Waals surface area contributed by atoms with Gasteiger partial charge in [-0.1, -0.05) is 12.1 Å². The summed E-state index contributed by atoms with van der Waals surface area (Å²) in [6.45, 7) is -0.308. The van der Waals surface area contributed by atoms with E-state index in [2.05, 4.69) is 0 Å². The van der Waals surface area contributed by atoms with E-state index in [-0.39, 0.29) is 29.2 Å². The minimum atomic E-state index is -1.19. The topological polar surface area (TPSA) is 89.7 Å². The first kappa shape index (κ1) is 14.4. The Labute approximate surface area is 118 Å². The first-order chi connectivity index (χ1) is 9.99. The molecule has 21 heavy (non-hydrogen) atoms. The number of hydrogen-bond donors (Lipinski definition) is 1. The average Bonchev–Trinajstić information content (AvgIpc) is 2.46. The highest BCUT2D eigenvalue weighted by atomic mass is 19.1. The van der Waals surface area contributed by atoms with Gasteiger partial charge in [0, 0.05) is 11.6 Å². The zero-order valence-corrected chi connectivity index (χ0v) is 10.7. The van der Waals surface area contributed by atoms with Gasteiger partial charge >= 0.3 is 11.7 Å². The molecule has 0 unspecified atom stereocenters. The van der Waals surface area contributed by atoms with Gasteiger partial charge in [0.05, 0.1) is 10.5 Å². The fourth-order valence-corrected chi connectivity index (χ4v) is 1.70. The van der Waals surface area contributed by atoms with Gasteiger partial charge in [0.1, 0.15) is 12.4 Å². The highest BCUT2D eigenvalue weighted by Crippen LogP contribution is 2.27. The minimum absolute atomic E-state index is 0.00745. The lowest BCUT2D eigenvalue weighted by Gasteiger charge is -2.08. The third-order valence-electron chi connectivity index (χ3n) is 2.74. The maximum atomic E-state index is 13.6. The molecule has 2 aromatic carbocycles. The summed E-state index contributed by atoms with van der Waals surface area (Å²) in [5.74, 6) is -1.84. The van der Waals surface area contributed by atoms with Gasteiger partial charge in [-0.15, -0.1) is 0 Å². The third kappa shape index (κ3) is 3.33. The Bertz CT molecular complexity index is 702. The van der Waals surface area contributed by atoms with Crippen LogP contribution in [0.5, 0.6) is 5.75 Å². The number of para-hydroxylation sites is 2. The molecule has 2 rings (SSSR count). The molecule has 0 heterocycles. The molecule has 108 valence electrons. The van der Waals surface area contributed by atoms with Crippen LogP contribution in [0, 0.1) is 15.9 Å². The van der Waals surface area contributed by atoms with Crippen molar-refractivity contribution in [3.63, 3.8) is 0 Å². The molecule has 0 atom stereocenters. The van der Waals surface area contributed by atoms with E-state index in [1.165, 1.54) is 18.2 Å². The second-order valence-electron chi connectivity index (χ2n) is 4.12. The average molecular weight is 291 g/mol. The molecule has 0 radical (unpaired) electrons. The number of benzene rings is 2. The van der Waals surface area contributed by atoms with Crippen molar-refractivity contribution >= 4 is 11.7 Å². The zero-order chi connectivity index (χ0) is 15.4. The Morgan fingerprint density at radius 2 is 2.00 bits per heavy atom. The second-order valence-corrected chi connectivity index (χ2v) is 4.12. The quantitative estimate of drug-likeness (QED) is 0.675. The number of rotatable bonds is 5. The van der Waals surface area contributed by atoms with Crippen LogP contribution in [0.2, 0.25) is 0 Å². The van der Waals surface area contributed by atoms with Gasteiger partial charge < -0.3 is 9.84 Å². The summed E-state index contributed by atoms with van der Waals surface area (Å²) in [4.78, 5) is 21.0. The van der Waals surface area contributed by atoms with E-state index in [4.69, 9.17) is 9.84 Å². The summed E-state index contributed by atoms with van der Waals surface area (Å²) in [6, 6.07) is 8.96. The third-order valence-corrected chi connectivity index (χ3v) is 2.74. The van der Waals surface area contributed by atoms with Gasteiger partial charge in [-0.05, 0) is 24.3 Å².